The van der Waals surface area contributed by atoms with Gasteiger partial charge in [-0.2, -0.15) is 0 Å². The molecule has 1 N–H and O–H groups in total. The quantitative estimate of drug-likeness (QED) is 0.928. The molecule has 1 aromatic carbocycles. The minimum Gasteiger partial charge on any atom is -0.493 e. The van der Waals surface area contributed by atoms with Crippen LogP contribution in [0.1, 0.15) is 36.5 Å². The second-order valence-electron chi connectivity index (χ2n) is 6.19. The molecule has 3 rings (SSSR count). The number of para-hydroxylation sites is 1. The zero-order valence-electron chi connectivity index (χ0n) is 12.7. The molecule has 4 nitrogen and oxygen atoms in total. The standard InChI is InChI=1S/C17H24N2O2/c1-2-21-15-7-4-3-6-14(15)16(20)19-11-9-17(13-19)8-5-10-18-12-17/h3-4,6-7,18H,2,5,8-13H2,1H3/t17-/m1/s1. The first-order valence-electron chi connectivity index (χ1n) is 7.96. The average Bonchev–Trinajstić information content (AvgIpc) is 2.92. The van der Waals surface area contributed by atoms with Gasteiger partial charge in [0.05, 0.1) is 12.2 Å². The summed E-state index contributed by atoms with van der Waals surface area (Å²) in [6.45, 7) is 6.42. The van der Waals surface area contributed by atoms with Gasteiger partial charge in [0.25, 0.3) is 5.91 Å². The van der Waals surface area contributed by atoms with Crippen LogP contribution >= 0.6 is 0 Å². The van der Waals surface area contributed by atoms with E-state index in [1.165, 1.54) is 12.8 Å². The SMILES string of the molecule is CCOc1ccccc1C(=O)N1CC[C@@]2(CCCNC2)C1. The first-order chi connectivity index (χ1) is 10.2. The minimum absolute atomic E-state index is 0.112. The molecule has 0 unspecified atom stereocenters. The van der Waals surface area contributed by atoms with Crippen molar-refractivity contribution in [1.29, 1.82) is 0 Å². The Hall–Kier alpha value is -1.55. The first-order valence-corrected chi connectivity index (χ1v) is 7.96. The maximum atomic E-state index is 12.8. The number of amides is 1. The van der Waals surface area contributed by atoms with Crippen LogP contribution in [0, 0.1) is 5.41 Å². The Morgan fingerprint density at radius 1 is 1.38 bits per heavy atom. The first kappa shape index (κ1) is 14.4. The lowest BCUT2D eigenvalue weighted by atomic mass is 9.80. The molecule has 2 heterocycles. The van der Waals surface area contributed by atoms with Crippen LogP contribution in [-0.4, -0.2) is 43.6 Å². The van der Waals surface area contributed by atoms with Gasteiger partial charge in [0, 0.05) is 25.0 Å². The van der Waals surface area contributed by atoms with E-state index in [0.29, 0.717) is 23.3 Å². The molecule has 21 heavy (non-hydrogen) atoms. The summed E-state index contributed by atoms with van der Waals surface area (Å²) in [4.78, 5) is 14.8. The summed E-state index contributed by atoms with van der Waals surface area (Å²) < 4.78 is 5.59. The Balaban J connectivity index is 1.74. The zero-order valence-corrected chi connectivity index (χ0v) is 12.7. The highest BCUT2D eigenvalue weighted by Gasteiger charge is 2.41. The van der Waals surface area contributed by atoms with Gasteiger partial charge in [-0.25, -0.2) is 0 Å². The van der Waals surface area contributed by atoms with Gasteiger partial charge in [-0.3, -0.25) is 4.79 Å². The fraction of sp³-hybridized carbons (Fsp3) is 0.588. The lowest BCUT2D eigenvalue weighted by Crippen LogP contribution is -2.42. The smallest absolute Gasteiger partial charge is 0.257 e. The Morgan fingerprint density at radius 2 is 2.24 bits per heavy atom. The van der Waals surface area contributed by atoms with Gasteiger partial charge in [0.1, 0.15) is 5.75 Å². The number of nitrogens with zero attached hydrogens (tertiary/aromatic N) is 1. The highest BCUT2D eigenvalue weighted by molar-refractivity contribution is 5.97. The van der Waals surface area contributed by atoms with Crippen LogP contribution < -0.4 is 10.1 Å². The predicted molar refractivity (Wildman–Crippen MR) is 82.7 cm³/mol. The summed E-state index contributed by atoms with van der Waals surface area (Å²) in [5.74, 6) is 0.814. The van der Waals surface area contributed by atoms with Crippen molar-refractivity contribution in [3.05, 3.63) is 29.8 Å². The Bertz CT molecular complexity index is 509. The third-order valence-corrected chi connectivity index (χ3v) is 4.70. The van der Waals surface area contributed by atoms with Crippen molar-refractivity contribution in [3.8, 4) is 5.75 Å². The van der Waals surface area contributed by atoms with Crippen LogP contribution in [0.3, 0.4) is 0 Å². The molecule has 2 aliphatic rings. The van der Waals surface area contributed by atoms with Crippen molar-refractivity contribution >= 4 is 5.91 Å². The zero-order chi connectivity index (χ0) is 14.7. The number of rotatable bonds is 3. The molecule has 0 bridgehead atoms. The van der Waals surface area contributed by atoms with Crippen LogP contribution in [-0.2, 0) is 0 Å². The van der Waals surface area contributed by atoms with Gasteiger partial charge in [-0.15, -0.1) is 0 Å². The summed E-state index contributed by atoms with van der Waals surface area (Å²) in [5.41, 5.74) is 0.995. The van der Waals surface area contributed by atoms with Crippen LogP contribution in [0.25, 0.3) is 0 Å². The summed E-state index contributed by atoms with van der Waals surface area (Å²) in [6, 6.07) is 7.57. The number of hydrogen-bond donors (Lipinski definition) is 1. The van der Waals surface area contributed by atoms with E-state index in [4.69, 9.17) is 4.74 Å². The number of carbonyl (C=O) groups excluding carboxylic acids is 1. The lowest BCUT2D eigenvalue weighted by molar-refractivity contribution is 0.0760. The fourth-order valence-corrected chi connectivity index (χ4v) is 3.58. The van der Waals surface area contributed by atoms with Gasteiger partial charge in [-0.1, -0.05) is 12.1 Å². The second-order valence-corrected chi connectivity index (χ2v) is 6.19. The van der Waals surface area contributed by atoms with E-state index in [2.05, 4.69) is 5.32 Å². The number of nitrogens with one attached hydrogen (secondary N) is 1. The fourth-order valence-electron chi connectivity index (χ4n) is 3.58. The highest BCUT2D eigenvalue weighted by atomic mass is 16.5. The summed E-state index contributed by atoms with van der Waals surface area (Å²) in [5, 5.41) is 3.49. The molecule has 2 fully saturated rings. The van der Waals surface area contributed by atoms with E-state index in [9.17, 15) is 4.79 Å². The molecule has 0 radical (unpaired) electrons. The maximum absolute atomic E-state index is 12.8. The molecule has 1 atom stereocenters. The van der Waals surface area contributed by atoms with Crippen LogP contribution in [0.2, 0.25) is 0 Å². The second kappa shape index (κ2) is 6.06. The third kappa shape index (κ3) is 2.91. The average molecular weight is 288 g/mol. The Kier molecular flexibility index (Phi) is 4.15. The van der Waals surface area contributed by atoms with Crippen molar-refractivity contribution < 1.29 is 9.53 Å². The van der Waals surface area contributed by atoms with Crippen molar-refractivity contribution in [3.63, 3.8) is 0 Å². The van der Waals surface area contributed by atoms with Crippen molar-refractivity contribution in [2.45, 2.75) is 26.2 Å². The van der Waals surface area contributed by atoms with E-state index in [-0.39, 0.29) is 5.91 Å². The van der Waals surface area contributed by atoms with Crippen LogP contribution in [0.4, 0.5) is 0 Å². The normalized spacial score (nSPS) is 25.3. The van der Waals surface area contributed by atoms with E-state index in [1.807, 2.05) is 36.1 Å². The Labute approximate surface area is 126 Å². The van der Waals surface area contributed by atoms with Crippen LogP contribution in [0.15, 0.2) is 24.3 Å². The Morgan fingerprint density at radius 3 is 3.00 bits per heavy atom. The third-order valence-electron chi connectivity index (χ3n) is 4.70. The van der Waals surface area contributed by atoms with Crippen molar-refractivity contribution in [2.75, 3.05) is 32.8 Å². The number of piperidine rings is 1. The molecule has 4 heteroatoms. The molecule has 0 aromatic heterocycles. The molecular weight excluding hydrogens is 264 g/mol. The van der Waals surface area contributed by atoms with Gasteiger partial charge in [0.15, 0.2) is 0 Å². The topological polar surface area (TPSA) is 41.6 Å². The van der Waals surface area contributed by atoms with E-state index < -0.39 is 0 Å². The molecular formula is C17H24N2O2. The lowest BCUT2D eigenvalue weighted by Gasteiger charge is -2.33. The van der Waals surface area contributed by atoms with Gasteiger partial charge < -0.3 is 15.0 Å². The van der Waals surface area contributed by atoms with Crippen molar-refractivity contribution in [2.24, 2.45) is 5.41 Å². The molecule has 114 valence electrons. The number of hydrogen-bond acceptors (Lipinski definition) is 3. The van der Waals surface area contributed by atoms with Crippen molar-refractivity contribution in [1.82, 2.24) is 10.2 Å². The number of likely N-dealkylation sites (tertiary alicyclic amines) is 1. The summed E-state index contributed by atoms with van der Waals surface area (Å²) >= 11 is 0. The number of carbonyl (C=O) groups is 1. The summed E-state index contributed by atoms with van der Waals surface area (Å²) in [7, 11) is 0. The number of ether oxygens (including phenoxy) is 1. The maximum Gasteiger partial charge on any atom is 0.257 e. The summed E-state index contributed by atoms with van der Waals surface area (Å²) in [6.07, 6.45) is 3.57. The molecule has 1 amide bonds. The number of benzene rings is 1. The van der Waals surface area contributed by atoms with Gasteiger partial charge in [0.2, 0.25) is 0 Å². The molecule has 2 saturated heterocycles. The molecule has 1 spiro atoms. The van der Waals surface area contributed by atoms with E-state index in [0.717, 1.165) is 32.6 Å². The van der Waals surface area contributed by atoms with E-state index >= 15 is 0 Å². The van der Waals surface area contributed by atoms with Gasteiger partial charge in [-0.05, 0) is 44.9 Å². The largest absolute Gasteiger partial charge is 0.493 e. The van der Waals surface area contributed by atoms with Crippen LogP contribution in [0.5, 0.6) is 5.75 Å². The molecule has 0 aliphatic carbocycles. The minimum atomic E-state index is 0.112. The van der Waals surface area contributed by atoms with E-state index in [1.54, 1.807) is 0 Å². The predicted octanol–water partition coefficient (Wildman–Crippen LogP) is 2.30. The molecule has 2 aliphatic heterocycles. The molecule has 1 aromatic rings. The highest BCUT2D eigenvalue weighted by Crippen LogP contribution is 2.37. The molecule has 0 saturated carbocycles. The monoisotopic (exact) mass is 288 g/mol. The van der Waals surface area contributed by atoms with Gasteiger partial charge >= 0.3 is 0 Å².